The third-order valence-corrected chi connectivity index (χ3v) is 6.86. The molecule has 6 heteroatoms. The van der Waals surface area contributed by atoms with Gasteiger partial charge in [-0.05, 0) is 43.4 Å². The minimum absolute atomic E-state index is 0.0185. The zero-order valence-corrected chi connectivity index (χ0v) is 17.5. The molecule has 1 saturated heterocycles. The quantitative estimate of drug-likeness (QED) is 0.684. The average Bonchev–Trinajstić information content (AvgIpc) is 3.19. The lowest BCUT2D eigenvalue weighted by molar-refractivity contribution is -0.137. The highest BCUT2D eigenvalue weighted by Crippen LogP contribution is 2.50. The summed E-state index contributed by atoms with van der Waals surface area (Å²) in [5, 5.41) is 14.5. The number of piperidine rings is 1. The summed E-state index contributed by atoms with van der Waals surface area (Å²) in [6.45, 7) is 4.26. The van der Waals surface area contributed by atoms with Crippen molar-refractivity contribution in [2.75, 3.05) is 26.4 Å². The number of likely N-dealkylation sites (tertiary alicyclic amines) is 1. The molecule has 1 aliphatic carbocycles. The van der Waals surface area contributed by atoms with Crippen molar-refractivity contribution in [3.63, 3.8) is 0 Å². The molecule has 1 aromatic carbocycles. The molecule has 6 nitrogen and oxygen atoms in total. The molecule has 2 fully saturated rings. The van der Waals surface area contributed by atoms with Gasteiger partial charge in [-0.25, -0.2) is 0 Å². The van der Waals surface area contributed by atoms with Crippen molar-refractivity contribution in [1.82, 2.24) is 10.2 Å². The number of benzene rings is 1. The second-order valence-corrected chi connectivity index (χ2v) is 8.79. The van der Waals surface area contributed by atoms with Crippen LogP contribution >= 0.6 is 0 Å². The van der Waals surface area contributed by atoms with Gasteiger partial charge in [-0.1, -0.05) is 38.7 Å². The van der Waals surface area contributed by atoms with Gasteiger partial charge >= 0.3 is 0 Å². The molecule has 0 unspecified atom stereocenters. The van der Waals surface area contributed by atoms with Gasteiger partial charge in [0.2, 0.25) is 12.7 Å². The van der Waals surface area contributed by atoms with Crippen LogP contribution in [0.25, 0.3) is 0 Å². The van der Waals surface area contributed by atoms with Crippen molar-refractivity contribution in [3.05, 3.63) is 23.8 Å². The summed E-state index contributed by atoms with van der Waals surface area (Å²) in [5.41, 5.74) is 0.478. The van der Waals surface area contributed by atoms with Crippen LogP contribution in [-0.2, 0) is 4.79 Å². The number of nitrogens with one attached hydrogen (secondary N) is 1. The molecule has 2 aliphatic heterocycles. The number of unbranched alkanes of at least 4 members (excludes halogenated alkanes) is 2. The first-order valence-electron chi connectivity index (χ1n) is 11.2. The van der Waals surface area contributed by atoms with Crippen LogP contribution in [0, 0.1) is 5.92 Å². The highest BCUT2D eigenvalue weighted by atomic mass is 16.7. The van der Waals surface area contributed by atoms with E-state index in [-0.39, 0.29) is 24.7 Å². The number of hydrogen-bond donors (Lipinski definition) is 2. The Labute approximate surface area is 173 Å². The Balaban J connectivity index is 1.54. The number of aliphatic hydroxyl groups is 1. The van der Waals surface area contributed by atoms with Crippen LogP contribution in [0.15, 0.2) is 18.2 Å². The molecule has 4 rings (SSSR count). The Morgan fingerprint density at radius 1 is 1.24 bits per heavy atom. The lowest BCUT2D eigenvalue weighted by atomic mass is 9.66. The molecule has 0 aromatic heterocycles. The topological polar surface area (TPSA) is 71.0 Å². The van der Waals surface area contributed by atoms with Gasteiger partial charge in [-0.2, -0.15) is 0 Å². The van der Waals surface area contributed by atoms with E-state index in [0.29, 0.717) is 6.54 Å². The number of carbonyl (C=O) groups is 1. The molecule has 3 atom stereocenters. The predicted octanol–water partition coefficient (Wildman–Crippen LogP) is 3.39. The molecular weight excluding hydrogens is 368 g/mol. The largest absolute Gasteiger partial charge is 0.454 e. The van der Waals surface area contributed by atoms with E-state index < -0.39 is 5.60 Å². The Kier molecular flexibility index (Phi) is 6.30. The third-order valence-electron chi connectivity index (χ3n) is 6.86. The maximum absolute atomic E-state index is 12.6. The van der Waals surface area contributed by atoms with Crippen LogP contribution in [0.4, 0.5) is 0 Å². The van der Waals surface area contributed by atoms with Gasteiger partial charge in [0, 0.05) is 25.0 Å². The molecule has 3 aliphatic rings. The molecule has 1 aromatic rings. The second-order valence-electron chi connectivity index (χ2n) is 8.79. The van der Waals surface area contributed by atoms with E-state index in [1.807, 2.05) is 12.1 Å². The van der Waals surface area contributed by atoms with Crippen molar-refractivity contribution in [2.24, 2.45) is 5.92 Å². The first-order valence-corrected chi connectivity index (χ1v) is 11.2. The van der Waals surface area contributed by atoms with E-state index in [9.17, 15) is 9.90 Å². The fourth-order valence-corrected chi connectivity index (χ4v) is 5.30. The second kappa shape index (κ2) is 8.92. The summed E-state index contributed by atoms with van der Waals surface area (Å²) in [6, 6.07) is 6.09. The number of amides is 1. The molecule has 29 heavy (non-hydrogen) atoms. The lowest BCUT2D eigenvalue weighted by Crippen LogP contribution is -2.56. The summed E-state index contributed by atoms with van der Waals surface area (Å²) in [7, 11) is 0. The maximum atomic E-state index is 12.6. The van der Waals surface area contributed by atoms with Gasteiger partial charge in [0.05, 0.1) is 12.1 Å². The van der Waals surface area contributed by atoms with Gasteiger partial charge < -0.3 is 19.9 Å². The summed E-state index contributed by atoms with van der Waals surface area (Å²) in [5.74, 6) is 1.74. The summed E-state index contributed by atoms with van der Waals surface area (Å²) >= 11 is 0. The van der Waals surface area contributed by atoms with Gasteiger partial charge in [-0.15, -0.1) is 0 Å². The minimum Gasteiger partial charge on any atom is -0.454 e. The Bertz CT molecular complexity index is 725. The van der Waals surface area contributed by atoms with Crippen LogP contribution in [0.5, 0.6) is 11.5 Å². The molecule has 0 spiro atoms. The summed E-state index contributed by atoms with van der Waals surface area (Å²) in [6.07, 6.45) is 8.11. The maximum Gasteiger partial charge on any atom is 0.234 e. The van der Waals surface area contributed by atoms with Crippen molar-refractivity contribution in [3.8, 4) is 11.5 Å². The first kappa shape index (κ1) is 20.5. The highest BCUT2D eigenvalue weighted by Gasteiger charge is 2.49. The molecule has 2 heterocycles. The molecule has 0 radical (unpaired) electrons. The van der Waals surface area contributed by atoms with Crippen LogP contribution in [0.2, 0.25) is 0 Å². The van der Waals surface area contributed by atoms with E-state index in [0.717, 1.165) is 81.5 Å². The van der Waals surface area contributed by atoms with Gasteiger partial charge in [0.1, 0.15) is 0 Å². The molecule has 160 valence electrons. The summed E-state index contributed by atoms with van der Waals surface area (Å²) in [4.78, 5) is 14.9. The number of hydrogen-bond acceptors (Lipinski definition) is 5. The van der Waals surface area contributed by atoms with Crippen molar-refractivity contribution in [1.29, 1.82) is 0 Å². The smallest absolute Gasteiger partial charge is 0.234 e. The highest BCUT2D eigenvalue weighted by molar-refractivity contribution is 5.78. The molecule has 2 N–H and O–H groups in total. The van der Waals surface area contributed by atoms with E-state index in [4.69, 9.17) is 9.47 Å². The van der Waals surface area contributed by atoms with Crippen molar-refractivity contribution < 1.29 is 19.4 Å². The van der Waals surface area contributed by atoms with E-state index in [2.05, 4.69) is 23.2 Å². The fraction of sp³-hybridized carbons (Fsp3) is 0.696. The number of carbonyl (C=O) groups excluding carboxylic acids is 1. The average molecular weight is 403 g/mol. The van der Waals surface area contributed by atoms with E-state index in [1.165, 1.54) is 0 Å². The Hall–Kier alpha value is -1.79. The monoisotopic (exact) mass is 402 g/mol. The van der Waals surface area contributed by atoms with Crippen LogP contribution in [-0.4, -0.2) is 47.9 Å². The van der Waals surface area contributed by atoms with Crippen LogP contribution in [0.1, 0.15) is 69.9 Å². The summed E-state index contributed by atoms with van der Waals surface area (Å²) < 4.78 is 11.1. The number of fused-ring (bicyclic) bond motifs is 2. The Morgan fingerprint density at radius 3 is 2.97 bits per heavy atom. The number of nitrogens with zero attached hydrogens (tertiary/aromatic N) is 1. The van der Waals surface area contributed by atoms with Crippen LogP contribution in [0.3, 0.4) is 0 Å². The molecular formula is C23H34N2O4. The molecule has 0 bridgehead atoms. The Morgan fingerprint density at radius 2 is 2.10 bits per heavy atom. The number of rotatable bonds is 7. The molecule has 1 saturated carbocycles. The van der Waals surface area contributed by atoms with Crippen molar-refractivity contribution in [2.45, 2.75) is 69.9 Å². The number of ether oxygens (including phenoxy) is 2. The minimum atomic E-state index is -0.632. The van der Waals surface area contributed by atoms with E-state index >= 15 is 0 Å². The predicted molar refractivity (Wildman–Crippen MR) is 111 cm³/mol. The third kappa shape index (κ3) is 4.38. The van der Waals surface area contributed by atoms with Crippen LogP contribution < -0.4 is 14.8 Å². The lowest BCUT2D eigenvalue weighted by Gasteiger charge is -2.52. The normalized spacial score (nSPS) is 28.8. The van der Waals surface area contributed by atoms with Gasteiger partial charge in [0.25, 0.3) is 0 Å². The molecule has 1 amide bonds. The van der Waals surface area contributed by atoms with Gasteiger partial charge in [0.15, 0.2) is 11.5 Å². The standard InChI is InChI=1S/C23H34N2O4/c1-2-3-6-12-24-21(26)15-25-13-11-23(27)10-5-4-7-18(23)22(25)17-8-9-19-20(14-17)29-16-28-19/h8-9,14,18,22,27H,2-7,10-13,15-16H2,1H3,(H,24,26)/t18-,22-,23-/m1/s1. The SMILES string of the molecule is CCCCCNC(=O)CN1CC[C@]2(O)CCCC[C@@H]2[C@H]1c1ccc2c(c1)OCO2. The first-order chi connectivity index (χ1) is 14.1. The van der Waals surface area contributed by atoms with Gasteiger partial charge in [-0.3, -0.25) is 9.69 Å². The zero-order valence-electron chi connectivity index (χ0n) is 17.5. The van der Waals surface area contributed by atoms with E-state index in [1.54, 1.807) is 0 Å². The fourth-order valence-electron chi connectivity index (χ4n) is 5.30. The zero-order chi connectivity index (χ0) is 20.3. The van der Waals surface area contributed by atoms with Crippen molar-refractivity contribution >= 4 is 5.91 Å².